The number of carboxylic acid groups (broad SMARTS) is 2. The Morgan fingerprint density at radius 3 is 2.50 bits per heavy atom. The molecule has 4 N–H and O–H groups in total. The number of H-pyrrole nitrogens is 1. The standard InChI is InChI=1S/C29H33N5O6.2ClH/c1-40-20-4-5-23-22(14-20)21(6-10-30-23)26(35)16-33-11-7-19(8-12-33)34(17-28(38)39)25(15-27(36)37)24-13-18-3-2-9-31-29(18)32-24;;/h2-6,9-10,13-14,19,25-26,35H,7-8,11-12,15-17H2,1H3,(H,31,32)(H,36,37)(H,38,39);2*1H/t25?,26-;;/m0../s1. The summed E-state index contributed by atoms with van der Waals surface area (Å²) >= 11 is 0. The molecule has 226 valence electrons. The fourth-order valence-electron chi connectivity index (χ4n) is 5.72. The number of piperidine rings is 1. The quantitative estimate of drug-likeness (QED) is 0.193. The smallest absolute Gasteiger partial charge is 0.317 e. The molecule has 1 unspecified atom stereocenters. The largest absolute Gasteiger partial charge is 0.497 e. The van der Waals surface area contributed by atoms with E-state index in [1.165, 1.54) is 0 Å². The van der Waals surface area contributed by atoms with Gasteiger partial charge in [-0.15, -0.1) is 24.8 Å². The molecule has 11 nitrogen and oxygen atoms in total. The highest BCUT2D eigenvalue weighted by Crippen LogP contribution is 2.32. The Morgan fingerprint density at radius 1 is 1.07 bits per heavy atom. The molecule has 1 aliphatic heterocycles. The molecule has 5 rings (SSSR count). The normalized spacial score (nSPS) is 15.6. The van der Waals surface area contributed by atoms with E-state index in [0.717, 1.165) is 21.9 Å². The van der Waals surface area contributed by atoms with E-state index in [1.807, 2.05) is 36.4 Å². The number of nitrogens with one attached hydrogen (secondary N) is 1. The molecule has 0 radical (unpaired) electrons. The Kier molecular flexibility index (Phi) is 11.5. The average Bonchev–Trinajstić information content (AvgIpc) is 3.38. The second-order valence-electron chi connectivity index (χ2n) is 10.2. The van der Waals surface area contributed by atoms with Gasteiger partial charge < -0.3 is 29.9 Å². The third-order valence-electron chi connectivity index (χ3n) is 7.66. The maximum Gasteiger partial charge on any atom is 0.317 e. The molecule has 0 spiro atoms. The van der Waals surface area contributed by atoms with E-state index in [-0.39, 0.29) is 43.8 Å². The summed E-state index contributed by atoms with van der Waals surface area (Å²) in [5.74, 6) is -1.33. The number of aliphatic hydroxyl groups is 1. The van der Waals surface area contributed by atoms with Crippen molar-refractivity contribution in [2.45, 2.75) is 37.5 Å². The molecule has 1 aromatic carbocycles. The summed E-state index contributed by atoms with van der Waals surface area (Å²) < 4.78 is 5.35. The van der Waals surface area contributed by atoms with Crippen LogP contribution in [0, 0.1) is 0 Å². The van der Waals surface area contributed by atoms with Crippen LogP contribution in [0.3, 0.4) is 0 Å². The van der Waals surface area contributed by atoms with Crippen molar-refractivity contribution in [2.75, 3.05) is 33.3 Å². The lowest BCUT2D eigenvalue weighted by molar-refractivity contribution is -0.144. The third-order valence-corrected chi connectivity index (χ3v) is 7.66. The van der Waals surface area contributed by atoms with Gasteiger partial charge in [0.05, 0.1) is 37.7 Å². The van der Waals surface area contributed by atoms with Gasteiger partial charge in [-0.1, -0.05) is 0 Å². The van der Waals surface area contributed by atoms with E-state index in [2.05, 4.69) is 19.9 Å². The SMILES string of the molecule is COc1ccc2nccc([C@@H](O)CN3CCC(N(CC(=O)O)C(CC(=O)O)c4cc5cccnc5[nH]4)CC3)c2c1.Cl.Cl. The number of hydrogen-bond acceptors (Lipinski definition) is 8. The topological polar surface area (TPSA) is 152 Å². The number of carbonyl (C=O) groups is 2. The molecule has 0 bridgehead atoms. The fourth-order valence-corrected chi connectivity index (χ4v) is 5.72. The van der Waals surface area contributed by atoms with Crippen molar-refractivity contribution in [2.24, 2.45) is 0 Å². The van der Waals surface area contributed by atoms with Gasteiger partial charge in [-0.2, -0.15) is 0 Å². The van der Waals surface area contributed by atoms with Crippen LogP contribution in [0.1, 0.15) is 42.7 Å². The number of fused-ring (bicyclic) bond motifs is 2. The Bertz CT molecular complexity index is 1480. The number of hydrogen-bond donors (Lipinski definition) is 4. The first-order chi connectivity index (χ1) is 19.3. The van der Waals surface area contributed by atoms with Crippen molar-refractivity contribution in [3.8, 4) is 5.75 Å². The molecule has 1 aliphatic rings. The molecule has 0 aliphatic carbocycles. The zero-order valence-corrected chi connectivity index (χ0v) is 24.7. The highest BCUT2D eigenvalue weighted by atomic mass is 35.5. The minimum atomic E-state index is -1.01. The Labute approximate surface area is 255 Å². The van der Waals surface area contributed by atoms with Crippen LogP contribution in [0.25, 0.3) is 21.9 Å². The number of aliphatic carboxylic acids is 2. The van der Waals surface area contributed by atoms with E-state index >= 15 is 0 Å². The molecule has 2 atom stereocenters. The van der Waals surface area contributed by atoms with Crippen molar-refractivity contribution in [3.63, 3.8) is 0 Å². The number of aliphatic hydroxyl groups excluding tert-OH is 1. The number of likely N-dealkylation sites (tertiary alicyclic amines) is 1. The van der Waals surface area contributed by atoms with Crippen LogP contribution in [0.4, 0.5) is 0 Å². The van der Waals surface area contributed by atoms with Gasteiger partial charge in [-0.3, -0.25) is 19.5 Å². The number of carboxylic acids is 2. The van der Waals surface area contributed by atoms with Crippen LogP contribution in [0.5, 0.6) is 5.75 Å². The second-order valence-corrected chi connectivity index (χ2v) is 10.2. The summed E-state index contributed by atoms with van der Waals surface area (Å²) in [7, 11) is 1.60. The van der Waals surface area contributed by atoms with Gasteiger partial charge >= 0.3 is 11.9 Å². The van der Waals surface area contributed by atoms with Gasteiger partial charge in [0.2, 0.25) is 0 Å². The van der Waals surface area contributed by atoms with Crippen LogP contribution in [-0.4, -0.2) is 91.3 Å². The van der Waals surface area contributed by atoms with Gasteiger partial charge in [0.25, 0.3) is 0 Å². The van der Waals surface area contributed by atoms with Crippen LogP contribution < -0.4 is 4.74 Å². The maximum atomic E-state index is 11.9. The van der Waals surface area contributed by atoms with Crippen LogP contribution >= 0.6 is 24.8 Å². The molecular formula is C29H35Cl2N5O6. The summed E-state index contributed by atoms with van der Waals surface area (Å²) in [4.78, 5) is 39.6. The third kappa shape index (κ3) is 7.47. The number of ether oxygens (including phenoxy) is 1. The van der Waals surface area contributed by atoms with Gasteiger partial charge in [0, 0.05) is 41.4 Å². The summed E-state index contributed by atoms with van der Waals surface area (Å²) in [5, 5.41) is 32.3. The first-order valence-electron chi connectivity index (χ1n) is 13.3. The lowest BCUT2D eigenvalue weighted by Gasteiger charge is -2.41. The number of aromatic amines is 1. The lowest BCUT2D eigenvalue weighted by atomic mass is 9.97. The Hall–Kier alpha value is -3.48. The van der Waals surface area contributed by atoms with Crippen molar-refractivity contribution in [1.82, 2.24) is 24.8 Å². The molecule has 13 heteroatoms. The van der Waals surface area contributed by atoms with Gasteiger partial charge in [0.15, 0.2) is 0 Å². The highest BCUT2D eigenvalue weighted by molar-refractivity contribution is 5.86. The van der Waals surface area contributed by atoms with Gasteiger partial charge in [-0.25, -0.2) is 4.98 Å². The summed E-state index contributed by atoms with van der Waals surface area (Å²) in [6.07, 6.45) is 3.63. The highest BCUT2D eigenvalue weighted by Gasteiger charge is 2.34. The molecule has 4 aromatic rings. The minimum Gasteiger partial charge on any atom is -0.497 e. The lowest BCUT2D eigenvalue weighted by Crippen LogP contribution is -2.49. The number of nitrogens with zero attached hydrogens (tertiary/aromatic N) is 4. The average molecular weight is 621 g/mol. The number of β-amino-alcohol motifs (C(OH)–C–C–N with tert-alkyl or cyclic N) is 1. The zero-order chi connectivity index (χ0) is 28.2. The molecular weight excluding hydrogens is 585 g/mol. The predicted molar refractivity (Wildman–Crippen MR) is 163 cm³/mol. The van der Waals surface area contributed by atoms with E-state index in [0.29, 0.717) is 49.6 Å². The zero-order valence-electron chi connectivity index (χ0n) is 23.0. The van der Waals surface area contributed by atoms with Crippen molar-refractivity contribution >= 4 is 58.7 Å². The van der Waals surface area contributed by atoms with Gasteiger partial charge in [-0.05, 0) is 74.0 Å². The van der Waals surface area contributed by atoms with E-state index < -0.39 is 24.1 Å². The number of benzene rings is 1. The van der Waals surface area contributed by atoms with Crippen molar-refractivity contribution in [3.05, 3.63) is 66.1 Å². The summed E-state index contributed by atoms with van der Waals surface area (Å²) in [5.41, 5.74) is 2.81. The molecule has 0 saturated carbocycles. The first-order valence-corrected chi connectivity index (χ1v) is 13.3. The van der Waals surface area contributed by atoms with E-state index in [9.17, 15) is 24.9 Å². The van der Waals surface area contributed by atoms with Crippen molar-refractivity contribution < 1.29 is 29.6 Å². The number of pyridine rings is 2. The van der Waals surface area contributed by atoms with Gasteiger partial charge in [0.1, 0.15) is 11.4 Å². The molecule has 1 fully saturated rings. The van der Waals surface area contributed by atoms with Crippen molar-refractivity contribution in [1.29, 1.82) is 0 Å². The number of rotatable bonds is 11. The summed E-state index contributed by atoms with van der Waals surface area (Å²) in [6.45, 7) is 1.41. The monoisotopic (exact) mass is 619 g/mol. The number of halogens is 2. The molecule has 1 saturated heterocycles. The maximum absolute atomic E-state index is 11.9. The predicted octanol–water partition coefficient (Wildman–Crippen LogP) is 4.06. The Balaban J connectivity index is 0.00000242. The number of aromatic nitrogens is 3. The van der Waals surface area contributed by atoms with Crippen LogP contribution in [0.15, 0.2) is 54.9 Å². The fraction of sp³-hybridized carbons (Fsp3) is 0.379. The van der Waals surface area contributed by atoms with Crippen LogP contribution in [-0.2, 0) is 9.59 Å². The first kappa shape index (κ1) is 33.0. The second kappa shape index (κ2) is 14.6. The molecule has 0 amide bonds. The summed E-state index contributed by atoms with van der Waals surface area (Å²) in [6, 6.07) is 12.1. The molecule has 4 heterocycles. The Morgan fingerprint density at radius 2 is 1.83 bits per heavy atom. The number of methoxy groups -OCH3 is 1. The van der Waals surface area contributed by atoms with E-state index in [4.69, 9.17) is 4.74 Å². The van der Waals surface area contributed by atoms with E-state index in [1.54, 1.807) is 30.5 Å². The molecule has 3 aromatic heterocycles. The molecule has 42 heavy (non-hydrogen) atoms. The minimum absolute atomic E-state index is 0. The van der Waals surface area contributed by atoms with Crippen LogP contribution in [0.2, 0.25) is 0 Å².